The highest BCUT2D eigenvalue weighted by molar-refractivity contribution is 7.18. The zero-order chi connectivity index (χ0) is 15.7. The quantitative estimate of drug-likeness (QED) is 0.764. The fraction of sp³-hybridized carbons (Fsp3) is 0.375. The molecular formula is C16H20N4S2. The van der Waals surface area contributed by atoms with Gasteiger partial charge in [-0.1, -0.05) is 6.07 Å². The van der Waals surface area contributed by atoms with Crippen molar-refractivity contribution in [1.29, 1.82) is 0 Å². The molecule has 0 aliphatic heterocycles. The molecular weight excluding hydrogens is 312 g/mol. The summed E-state index contributed by atoms with van der Waals surface area (Å²) in [5, 5.41) is 8.95. The topological polar surface area (TPSA) is 41.1 Å². The molecule has 6 heteroatoms. The van der Waals surface area contributed by atoms with Crippen molar-refractivity contribution >= 4 is 38.7 Å². The van der Waals surface area contributed by atoms with Crippen LogP contribution in [-0.4, -0.2) is 41.5 Å². The highest BCUT2D eigenvalue weighted by Crippen LogP contribution is 2.38. The van der Waals surface area contributed by atoms with Crippen LogP contribution in [0.25, 0.3) is 20.7 Å². The van der Waals surface area contributed by atoms with Gasteiger partial charge < -0.3 is 10.2 Å². The summed E-state index contributed by atoms with van der Waals surface area (Å²) < 4.78 is 0. The molecule has 3 aromatic heterocycles. The normalized spacial score (nSPS) is 13.0. The largest absolute Gasteiger partial charge is 0.368 e. The maximum absolute atomic E-state index is 4.65. The second kappa shape index (κ2) is 6.32. The lowest BCUT2D eigenvalue weighted by molar-refractivity contribution is 0.326. The van der Waals surface area contributed by atoms with Gasteiger partial charge in [0.15, 0.2) is 0 Å². The van der Waals surface area contributed by atoms with Gasteiger partial charge in [-0.2, -0.15) is 0 Å². The van der Waals surface area contributed by atoms with Crippen LogP contribution < -0.4 is 5.32 Å². The van der Waals surface area contributed by atoms with Crippen LogP contribution in [0.5, 0.6) is 0 Å². The molecule has 0 aromatic carbocycles. The number of thiophene rings is 2. The number of rotatable bonds is 5. The lowest BCUT2D eigenvalue weighted by Gasteiger charge is -2.20. The molecule has 0 aliphatic carbocycles. The third kappa shape index (κ3) is 2.99. The first-order valence-corrected chi connectivity index (χ1v) is 9.02. The third-order valence-corrected chi connectivity index (χ3v) is 5.55. The Labute approximate surface area is 138 Å². The molecule has 0 spiro atoms. The molecule has 0 radical (unpaired) electrons. The van der Waals surface area contributed by atoms with E-state index in [4.69, 9.17) is 0 Å². The van der Waals surface area contributed by atoms with Gasteiger partial charge in [-0.3, -0.25) is 0 Å². The maximum Gasteiger partial charge on any atom is 0.139 e. The smallest absolute Gasteiger partial charge is 0.139 e. The van der Waals surface area contributed by atoms with Crippen molar-refractivity contribution in [1.82, 2.24) is 14.9 Å². The van der Waals surface area contributed by atoms with E-state index in [1.54, 1.807) is 22.7 Å². The van der Waals surface area contributed by atoms with E-state index in [9.17, 15) is 0 Å². The minimum atomic E-state index is 0.439. The van der Waals surface area contributed by atoms with E-state index in [1.165, 1.54) is 10.4 Å². The monoisotopic (exact) mass is 332 g/mol. The van der Waals surface area contributed by atoms with Gasteiger partial charge in [0.1, 0.15) is 16.5 Å². The number of hydrogen-bond acceptors (Lipinski definition) is 6. The number of anilines is 1. The molecule has 0 fully saturated rings. The van der Waals surface area contributed by atoms with E-state index >= 15 is 0 Å². The van der Waals surface area contributed by atoms with Crippen molar-refractivity contribution in [2.75, 3.05) is 26.0 Å². The van der Waals surface area contributed by atoms with Crippen molar-refractivity contribution in [3.05, 3.63) is 28.7 Å². The Morgan fingerprint density at radius 1 is 1.27 bits per heavy atom. The van der Waals surface area contributed by atoms with E-state index in [1.807, 2.05) is 6.92 Å². The van der Waals surface area contributed by atoms with Crippen LogP contribution in [0.3, 0.4) is 0 Å². The summed E-state index contributed by atoms with van der Waals surface area (Å²) in [6, 6.07) is 4.67. The van der Waals surface area contributed by atoms with Gasteiger partial charge >= 0.3 is 0 Å². The second-order valence-electron chi connectivity index (χ2n) is 5.62. The Bertz CT molecular complexity index is 762. The summed E-state index contributed by atoms with van der Waals surface area (Å²) in [6.07, 6.45) is 0. The standard InChI is InChI=1S/C16H20N4S2/c1-10(20(3)4)8-17-15-14-12(13-6-5-7-21-13)9-22-16(14)19-11(2)18-15/h5-7,9-10H,8H2,1-4H3,(H,17,18,19). The van der Waals surface area contributed by atoms with Crippen LogP contribution in [0.1, 0.15) is 12.7 Å². The first kappa shape index (κ1) is 15.4. The number of nitrogens with zero attached hydrogens (tertiary/aromatic N) is 3. The van der Waals surface area contributed by atoms with Crippen LogP contribution in [-0.2, 0) is 0 Å². The van der Waals surface area contributed by atoms with Crippen molar-refractivity contribution < 1.29 is 0 Å². The van der Waals surface area contributed by atoms with Gasteiger partial charge in [0.2, 0.25) is 0 Å². The summed E-state index contributed by atoms with van der Waals surface area (Å²) in [5.41, 5.74) is 1.23. The van der Waals surface area contributed by atoms with Gasteiger partial charge in [-0.25, -0.2) is 9.97 Å². The molecule has 3 aromatic rings. The predicted octanol–water partition coefficient (Wildman–Crippen LogP) is 4.09. The molecule has 3 rings (SSSR count). The van der Waals surface area contributed by atoms with E-state index < -0.39 is 0 Å². The van der Waals surface area contributed by atoms with Crippen LogP contribution in [0, 0.1) is 6.92 Å². The molecule has 0 saturated heterocycles. The zero-order valence-electron chi connectivity index (χ0n) is 13.3. The van der Waals surface area contributed by atoms with E-state index in [2.05, 4.69) is 64.1 Å². The fourth-order valence-electron chi connectivity index (χ4n) is 2.22. The van der Waals surface area contributed by atoms with E-state index in [-0.39, 0.29) is 0 Å². The van der Waals surface area contributed by atoms with Crippen LogP contribution in [0.2, 0.25) is 0 Å². The highest BCUT2D eigenvalue weighted by Gasteiger charge is 2.15. The van der Waals surface area contributed by atoms with Gasteiger partial charge in [0, 0.05) is 28.4 Å². The minimum absolute atomic E-state index is 0.439. The van der Waals surface area contributed by atoms with Crippen molar-refractivity contribution in [3.63, 3.8) is 0 Å². The number of aromatic nitrogens is 2. The molecule has 1 N–H and O–H groups in total. The number of aryl methyl sites for hydroxylation is 1. The molecule has 0 amide bonds. The highest BCUT2D eigenvalue weighted by atomic mass is 32.1. The number of nitrogens with one attached hydrogen (secondary N) is 1. The molecule has 0 bridgehead atoms. The van der Waals surface area contributed by atoms with Crippen LogP contribution in [0.15, 0.2) is 22.9 Å². The van der Waals surface area contributed by atoms with Crippen LogP contribution in [0.4, 0.5) is 5.82 Å². The summed E-state index contributed by atoms with van der Waals surface area (Å²) in [7, 11) is 4.18. The first-order valence-electron chi connectivity index (χ1n) is 7.26. The van der Waals surface area contributed by atoms with Gasteiger partial charge in [-0.05, 0) is 39.4 Å². The molecule has 22 heavy (non-hydrogen) atoms. The van der Waals surface area contributed by atoms with Gasteiger partial charge in [0.25, 0.3) is 0 Å². The fourth-order valence-corrected chi connectivity index (χ4v) is 4.02. The SMILES string of the molecule is Cc1nc(NCC(C)N(C)C)c2c(-c3cccs3)csc2n1. The number of likely N-dealkylation sites (N-methyl/N-ethyl adjacent to an activating group) is 1. The molecule has 1 unspecified atom stereocenters. The van der Waals surface area contributed by atoms with Crippen molar-refractivity contribution in [2.45, 2.75) is 19.9 Å². The lowest BCUT2D eigenvalue weighted by atomic mass is 10.2. The van der Waals surface area contributed by atoms with E-state index in [0.717, 1.165) is 28.4 Å². The molecule has 4 nitrogen and oxygen atoms in total. The van der Waals surface area contributed by atoms with E-state index in [0.29, 0.717) is 6.04 Å². The Kier molecular flexibility index (Phi) is 4.42. The van der Waals surface area contributed by atoms with Gasteiger partial charge in [-0.15, -0.1) is 22.7 Å². The molecule has 0 saturated carbocycles. The summed E-state index contributed by atoms with van der Waals surface area (Å²) in [5.74, 6) is 1.76. The maximum atomic E-state index is 4.65. The van der Waals surface area contributed by atoms with Gasteiger partial charge in [0.05, 0.1) is 5.39 Å². The Balaban J connectivity index is 2.02. The predicted molar refractivity (Wildman–Crippen MR) is 97.1 cm³/mol. The molecule has 1 atom stereocenters. The Hall–Kier alpha value is -1.50. The zero-order valence-corrected chi connectivity index (χ0v) is 14.9. The third-order valence-electron chi connectivity index (χ3n) is 3.78. The average molecular weight is 332 g/mol. The summed E-state index contributed by atoms with van der Waals surface area (Å²) in [6.45, 7) is 5.01. The summed E-state index contributed by atoms with van der Waals surface area (Å²) >= 11 is 3.44. The second-order valence-corrected chi connectivity index (χ2v) is 7.43. The molecule has 3 heterocycles. The minimum Gasteiger partial charge on any atom is -0.368 e. The summed E-state index contributed by atoms with van der Waals surface area (Å²) in [4.78, 5) is 13.8. The molecule has 0 aliphatic rings. The Morgan fingerprint density at radius 2 is 2.09 bits per heavy atom. The van der Waals surface area contributed by atoms with Crippen molar-refractivity contribution in [3.8, 4) is 10.4 Å². The number of hydrogen-bond donors (Lipinski definition) is 1. The lowest BCUT2D eigenvalue weighted by Crippen LogP contribution is -2.31. The van der Waals surface area contributed by atoms with Crippen LogP contribution >= 0.6 is 22.7 Å². The van der Waals surface area contributed by atoms with Crippen molar-refractivity contribution in [2.24, 2.45) is 0 Å². The molecule has 116 valence electrons. The number of fused-ring (bicyclic) bond motifs is 1. The Morgan fingerprint density at radius 3 is 2.77 bits per heavy atom. The average Bonchev–Trinajstić information content (AvgIpc) is 3.12. The first-order chi connectivity index (χ1) is 10.6.